The molecule has 1 aliphatic heterocycles. The van der Waals surface area contributed by atoms with Gasteiger partial charge in [-0.2, -0.15) is 13.2 Å². The minimum atomic E-state index is -4.51. The Hall–Kier alpha value is -2.25. The van der Waals surface area contributed by atoms with Gasteiger partial charge < -0.3 is 15.5 Å². The van der Waals surface area contributed by atoms with Crippen molar-refractivity contribution < 1.29 is 22.8 Å². The summed E-state index contributed by atoms with van der Waals surface area (Å²) < 4.78 is 39.4. The van der Waals surface area contributed by atoms with Crippen LogP contribution in [0.3, 0.4) is 0 Å². The number of alkyl halides is 3. The van der Waals surface area contributed by atoms with Crippen LogP contribution in [0.1, 0.15) is 18.9 Å². The Morgan fingerprint density at radius 3 is 2.42 bits per heavy atom. The lowest BCUT2D eigenvalue weighted by Crippen LogP contribution is -2.64. The van der Waals surface area contributed by atoms with Gasteiger partial charge >= 0.3 is 12.2 Å². The number of hydrogen-bond acceptors (Lipinski definition) is 2. The average molecular weight is 343 g/mol. The summed E-state index contributed by atoms with van der Waals surface area (Å²) in [6.45, 7) is 1.79. The predicted molar refractivity (Wildman–Crippen MR) is 82.3 cm³/mol. The molecule has 1 unspecified atom stereocenters. The molecule has 5 nitrogen and oxygen atoms in total. The first-order valence-electron chi connectivity index (χ1n) is 7.69. The first-order valence-corrected chi connectivity index (χ1v) is 7.69. The number of carbonyl (C=O) groups is 2. The van der Waals surface area contributed by atoms with Gasteiger partial charge in [0.05, 0.1) is 6.04 Å². The van der Waals surface area contributed by atoms with E-state index in [1.165, 1.54) is 11.8 Å². The van der Waals surface area contributed by atoms with Crippen LogP contribution in [-0.2, 0) is 11.2 Å². The van der Waals surface area contributed by atoms with Crippen LogP contribution in [-0.4, -0.2) is 48.2 Å². The molecule has 1 fully saturated rings. The van der Waals surface area contributed by atoms with Crippen LogP contribution in [0.5, 0.6) is 0 Å². The normalized spacial score (nSPS) is 16.2. The van der Waals surface area contributed by atoms with Crippen molar-refractivity contribution in [3.63, 3.8) is 0 Å². The van der Waals surface area contributed by atoms with Crippen LogP contribution in [0.2, 0.25) is 0 Å². The van der Waals surface area contributed by atoms with Gasteiger partial charge in [0.1, 0.15) is 6.04 Å². The zero-order chi connectivity index (χ0) is 17.7. The van der Waals surface area contributed by atoms with Gasteiger partial charge in [-0.3, -0.25) is 4.79 Å². The third-order valence-electron chi connectivity index (χ3n) is 3.83. The van der Waals surface area contributed by atoms with E-state index in [4.69, 9.17) is 0 Å². The van der Waals surface area contributed by atoms with Gasteiger partial charge in [-0.25, -0.2) is 4.79 Å². The Morgan fingerprint density at radius 2 is 1.88 bits per heavy atom. The molecule has 1 aromatic carbocycles. The van der Waals surface area contributed by atoms with Gasteiger partial charge in [0.15, 0.2) is 0 Å². The number of nitrogens with one attached hydrogen (secondary N) is 2. The smallest absolute Gasteiger partial charge is 0.350 e. The summed E-state index contributed by atoms with van der Waals surface area (Å²) in [6.07, 6.45) is -4.51. The number of halogens is 3. The number of amides is 3. The van der Waals surface area contributed by atoms with Crippen LogP contribution >= 0.6 is 0 Å². The van der Waals surface area contributed by atoms with E-state index >= 15 is 0 Å². The van der Waals surface area contributed by atoms with E-state index in [0.29, 0.717) is 0 Å². The predicted octanol–water partition coefficient (Wildman–Crippen LogP) is 2.08. The second-order valence-corrected chi connectivity index (χ2v) is 5.87. The number of aryl methyl sites for hydroxylation is 1. The highest BCUT2D eigenvalue weighted by Gasteiger charge is 2.42. The van der Waals surface area contributed by atoms with Crippen molar-refractivity contribution in [3.05, 3.63) is 35.9 Å². The molecule has 8 heteroatoms. The molecule has 3 amide bonds. The number of hydrogen-bond donors (Lipinski definition) is 2. The largest absolute Gasteiger partial charge is 0.408 e. The van der Waals surface area contributed by atoms with Crippen molar-refractivity contribution in [2.45, 2.75) is 38.0 Å². The standard InChI is InChI=1S/C16H20F3N3O2/c1-11(23)20-13-9-22(10-13)15(24)21-14(16(17,18)19)8-7-12-5-3-2-4-6-12/h2-6,13-14H,7-10H2,1H3,(H,20,23)(H,21,24). The van der Waals surface area contributed by atoms with Crippen molar-refractivity contribution in [2.24, 2.45) is 0 Å². The third-order valence-corrected chi connectivity index (χ3v) is 3.83. The fourth-order valence-corrected chi connectivity index (χ4v) is 2.54. The first-order chi connectivity index (χ1) is 11.3. The molecule has 0 aliphatic carbocycles. The van der Waals surface area contributed by atoms with E-state index < -0.39 is 18.2 Å². The summed E-state index contributed by atoms with van der Waals surface area (Å²) in [5.41, 5.74) is 0.788. The van der Waals surface area contributed by atoms with Gasteiger partial charge in [-0.05, 0) is 18.4 Å². The van der Waals surface area contributed by atoms with Crippen LogP contribution < -0.4 is 10.6 Å². The van der Waals surface area contributed by atoms with Crippen LogP contribution in [0.15, 0.2) is 30.3 Å². The summed E-state index contributed by atoms with van der Waals surface area (Å²) in [7, 11) is 0. The van der Waals surface area contributed by atoms with Crippen molar-refractivity contribution >= 4 is 11.9 Å². The Balaban J connectivity index is 1.85. The fraction of sp³-hybridized carbons (Fsp3) is 0.500. The molecular weight excluding hydrogens is 323 g/mol. The van der Waals surface area contributed by atoms with E-state index in [1.807, 2.05) is 0 Å². The van der Waals surface area contributed by atoms with E-state index in [-0.39, 0.29) is 37.9 Å². The van der Waals surface area contributed by atoms with E-state index in [9.17, 15) is 22.8 Å². The van der Waals surface area contributed by atoms with Crippen molar-refractivity contribution in [1.29, 1.82) is 0 Å². The molecule has 0 saturated carbocycles. The minimum absolute atomic E-state index is 0.193. The zero-order valence-corrected chi connectivity index (χ0v) is 13.3. The Morgan fingerprint density at radius 1 is 1.25 bits per heavy atom. The molecule has 1 heterocycles. The lowest BCUT2D eigenvalue weighted by Gasteiger charge is -2.40. The molecule has 1 saturated heterocycles. The molecule has 2 rings (SSSR count). The number of nitrogens with zero attached hydrogens (tertiary/aromatic N) is 1. The van der Waals surface area contributed by atoms with Crippen molar-refractivity contribution in [2.75, 3.05) is 13.1 Å². The molecule has 0 spiro atoms. The number of urea groups is 1. The first kappa shape index (κ1) is 18.1. The number of rotatable bonds is 5. The van der Waals surface area contributed by atoms with Gasteiger partial charge in [-0.15, -0.1) is 0 Å². The van der Waals surface area contributed by atoms with Crippen LogP contribution in [0.4, 0.5) is 18.0 Å². The minimum Gasteiger partial charge on any atom is -0.350 e. The summed E-state index contributed by atoms with van der Waals surface area (Å²) in [6, 6.07) is 5.98. The Kier molecular flexibility index (Phi) is 5.69. The molecule has 1 aromatic rings. The van der Waals surface area contributed by atoms with E-state index in [2.05, 4.69) is 10.6 Å². The second-order valence-electron chi connectivity index (χ2n) is 5.87. The lowest BCUT2D eigenvalue weighted by atomic mass is 10.0. The molecule has 132 valence electrons. The maximum Gasteiger partial charge on any atom is 0.408 e. The third kappa shape index (κ3) is 5.14. The molecule has 2 N–H and O–H groups in total. The maximum atomic E-state index is 13.1. The van der Waals surface area contributed by atoms with Crippen LogP contribution in [0, 0.1) is 0 Å². The SMILES string of the molecule is CC(=O)NC1CN(C(=O)NC(CCc2ccccc2)C(F)(F)F)C1. The van der Waals surface area contributed by atoms with Crippen molar-refractivity contribution in [3.8, 4) is 0 Å². The molecule has 24 heavy (non-hydrogen) atoms. The molecule has 0 radical (unpaired) electrons. The van der Waals surface area contributed by atoms with Crippen molar-refractivity contribution in [1.82, 2.24) is 15.5 Å². The highest BCUT2D eigenvalue weighted by molar-refractivity contribution is 5.77. The summed E-state index contributed by atoms with van der Waals surface area (Å²) in [5.74, 6) is -0.226. The molecule has 1 aliphatic rings. The van der Waals surface area contributed by atoms with Gasteiger partial charge in [-0.1, -0.05) is 30.3 Å². The quantitative estimate of drug-likeness (QED) is 0.860. The molecular formula is C16H20F3N3O2. The molecule has 0 aromatic heterocycles. The summed E-state index contributed by atoms with van der Waals surface area (Å²) >= 11 is 0. The Labute approximate surface area is 138 Å². The molecule has 0 bridgehead atoms. The lowest BCUT2D eigenvalue weighted by molar-refractivity contribution is -0.155. The van der Waals surface area contributed by atoms with E-state index in [0.717, 1.165) is 5.56 Å². The van der Waals surface area contributed by atoms with Gasteiger partial charge in [0.2, 0.25) is 5.91 Å². The fourth-order valence-electron chi connectivity index (χ4n) is 2.54. The number of benzene rings is 1. The monoisotopic (exact) mass is 343 g/mol. The highest BCUT2D eigenvalue weighted by Crippen LogP contribution is 2.24. The van der Waals surface area contributed by atoms with Gasteiger partial charge in [0.25, 0.3) is 0 Å². The van der Waals surface area contributed by atoms with Gasteiger partial charge in [0, 0.05) is 20.0 Å². The summed E-state index contributed by atoms with van der Waals surface area (Å²) in [5, 5.41) is 4.66. The van der Waals surface area contributed by atoms with E-state index in [1.54, 1.807) is 30.3 Å². The average Bonchev–Trinajstić information content (AvgIpc) is 2.46. The topological polar surface area (TPSA) is 61.4 Å². The number of likely N-dealkylation sites (tertiary alicyclic amines) is 1. The second kappa shape index (κ2) is 7.55. The highest BCUT2D eigenvalue weighted by atomic mass is 19.4. The van der Waals surface area contributed by atoms with Crippen LogP contribution in [0.25, 0.3) is 0 Å². The maximum absolute atomic E-state index is 13.1. The number of carbonyl (C=O) groups excluding carboxylic acids is 2. The molecule has 1 atom stereocenters. The summed E-state index contributed by atoms with van der Waals surface area (Å²) in [4.78, 5) is 24.1. The zero-order valence-electron chi connectivity index (χ0n) is 13.3. The Bertz CT molecular complexity index is 572.